The normalized spacial score (nSPS) is 19.3. The zero-order chi connectivity index (χ0) is 22.9. The summed E-state index contributed by atoms with van der Waals surface area (Å²) in [4.78, 5) is 61.2. The van der Waals surface area contributed by atoms with Gasteiger partial charge < -0.3 is 9.64 Å². The van der Waals surface area contributed by atoms with Crippen molar-refractivity contribution >= 4 is 39.2 Å². The molecule has 31 heavy (non-hydrogen) atoms. The Balaban J connectivity index is 1.53. The van der Waals surface area contributed by atoms with E-state index in [1.165, 1.54) is 24.1 Å². The second-order valence-corrected chi connectivity index (χ2v) is 9.42. The minimum absolute atomic E-state index is 0.00643. The van der Waals surface area contributed by atoms with E-state index >= 15 is 0 Å². The van der Waals surface area contributed by atoms with Crippen LogP contribution >= 0.6 is 0 Å². The number of nitrogens with zero attached hydrogens (tertiary/aromatic N) is 3. The summed E-state index contributed by atoms with van der Waals surface area (Å²) in [6, 6.07) is 3.21. The Morgan fingerprint density at radius 2 is 2.00 bits per heavy atom. The number of hydrogen-bond acceptors (Lipinski definition) is 9. The van der Waals surface area contributed by atoms with Crippen molar-refractivity contribution in [3.63, 3.8) is 0 Å². The second kappa shape index (κ2) is 8.41. The molecule has 13 heteroatoms. The molecule has 12 nitrogen and oxygen atoms in total. The van der Waals surface area contributed by atoms with Gasteiger partial charge in [-0.25, -0.2) is 8.42 Å². The van der Waals surface area contributed by atoms with E-state index in [-0.39, 0.29) is 29.2 Å². The van der Waals surface area contributed by atoms with Crippen LogP contribution in [-0.4, -0.2) is 84.6 Å². The number of imide groups is 1. The molecule has 3 rings (SSSR count). The second-order valence-electron chi connectivity index (χ2n) is 7.19. The fourth-order valence-corrected chi connectivity index (χ4v) is 5.25. The molecule has 0 aliphatic carbocycles. The van der Waals surface area contributed by atoms with E-state index in [0.29, 0.717) is 6.42 Å². The van der Waals surface area contributed by atoms with Crippen LogP contribution in [0.2, 0.25) is 0 Å². The van der Waals surface area contributed by atoms with Gasteiger partial charge in [-0.3, -0.25) is 34.2 Å². The van der Waals surface area contributed by atoms with Crippen molar-refractivity contribution < 1.29 is 37.3 Å². The van der Waals surface area contributed by atoms with E-state index in [2.05, 4.69) is 0 Å². The first-order chi connectivity index (χ1) is 14.5. The standard InChI is InChI=1S/C18H19N3O9S/c1-19(11-6-8-31(28,29)10-11)14(22)9-30-15(23)5-7-20-17(24)12-3-2-4-13(21(26)27)16(12)18(20)25/h2-4,11H,5-10H2,1H3. The molecule has 1 saturated heterocycles. The third-order valence-electron chi connectivity index (χ3n) is 5.22. The van der Waals surface area contributed by atoms with Gasteiger partial charge >= 0.3 is 5.97 Å². The quantitative estimate of drug-likeness (QED) is 0.235. The molecule has 1 atom stereocenters. The third kappa shape index (κ3) is 4.55. The van der Waals surface area contributed by atoms with E-state index in [0.717, 1.165) is 11.0 Å². The fourth-order valence-electron chi connectivity index (χ4n) is 3.47. The molecule has 1 unspecified atom stereocenters. The highest BCUT2D eigenvalue weighted by atomic mass is 32.2. The molecule has 0 spiro atoms. The summed E-state index contributed by atoms with van der Waals surface area (Å²) in [7, 11) is -1.75. The van der Waals surface area contributed by atoms with Crippen LogP contribution in [-0.2, 0) is 24.2 Å². The highest BCUT2D eigenvalue weighted by molar-refractivity contribution is 7.91. The van der Waals surface area contributed by atoms with Gasteiger partial charge in [0.15, 0.2) is 16.4 Å². The topological polar surface area (TPSA) is 161 Å². The Bertz CT molecular complexity index is 1080. The van der Waals surface area contributed by atoms with Crippen molar-refractivity contribution in [3.05, 3.63) is 39.4 Å². The largest absolute Gasteiger partial charge is 0.456 e. The van der Waals surface area contributed by atoms with Gasteiger partial charge in [-0.15, -0.1) is 0 Å². The molecular formula is C18H19N3O9S. The molecule has 0 radical (unpaired) electrons. The molecule has 3 amide bonds. The number of ether oxygens (including phenoxy) is 1. The van der Waals surface area contributed by atoms with Crippen LogP contribution < -0.4 is 0 Å². The van der Waals surface area contributed by atoms with Crippen LogP contribution in [0.3, 0.4) is 0 Å². The average Bonchev–Trinajstić information content (AvgIpc) is 3.20. The number of nitro benzene ring substituents is 1. The van der Waals surface area contributed by atoms with Crippen molar-refractivity contribution in [2.45, 2.75) is 18.9 Å². The van der Waals surface area contributed by atoms with Gasteiger partial charge in [0.1, 0.15) is 5.56 Å². The first kappa shape index (κ1) is 22.3. The number of hydrogen-bond donors (Lipinski definition) is 0. The zero-order valence-corrected chi connectivity index (χ0v) is 17.3. The lowest BCUT2D eigenvalue weighted by Gasteiger charge is -2.23. The summed E-state index contributed by atoms with van der Waals surface area (Å²) in [5, 5.41) is 11.1. The Labute approximate surface area is 176 Å². The van der Waals surface area contributed by atoms with Gasteiger partial charge in [-0.2, -0.15) is 0 Å². The van der Waals surface area contributed by atoms with Gasteiger partial charge in [-0.05, 0) is 12.5 Å². The van der Waals surface area contributed by atoms with Crippen LogP contribution in [0.1, 0.15) is 33.6 Å². The van der Waals surface area contributed by atoms with Crippen molar-refractivity contribution in [1.29, 1.82) is 0 Å². The Morgan fingerprint density at radius 1 is 1.29 bits per heavy atom. The van der Waals surface area contributed by atoms with Gasteiger partial charge in [0.25, 0.3) is 23.4 Å². The summed E-state index contributed by atoms with van der Waals surface area (Å²) in [5.41, 5.74) is -0.937. The van der Waals surface area contributed by atoms with Crippen LogP contribution in [0.15, 0.2) is 18.2 Å². The molecule has 0 bridgehead atoms. The number of nitro groups is 1. The minimum Gasteiger partial charge on any atom is -0.456 e. The Hall–Kier alpha value is -3.35. The smallest absolute Gasteiger partial charge is 0.308 e. The summed E-state index contributed by atoms with van der Waals surface area (Å²) < 4.78 is 27.9. The molecule has 2 aliphatic heterocycles. The number of benzene rings is 1. The van der Waals surface area contributed by atoms with Gasteiger partial charge in [0.05, 0.1) is 28.4 Å². The SMILES string of the molecule is CN(C(=O)COC(=O)CCN1C(=O)c2cccc([N+](=O)[O-])c2C1=O)C1CCS(=O)(=O)C1. The van der Waals surface area contributed by atoms with Crippen LogP contribution in [0.5, 0.6) is 0 Å². The summed E-state index contributed by atoms with van der Waals surface area (Å²) in [6.45, 7) is -0.979. The fraction of sp³-hybridized carbons (Fsp3) is 0.444. The van der Waals surface area contributed by atoms with Crippen LogP contribution in [0.4, 0.5) is 5.69 Å². The first-order valence-electron chi connectivity index (χ1n) is 9.27. The molecule has 2 heterocycles. The lowest BCUT2D eigenvalue weighted by molar-refractivity contribution is -0.385. The van der Waals surface area contributed by atoms with E-state index in [9.17, 15) is 37.7 Å². The van der Waals surface area contributed by atoms with E-state index in [1.54, 1.807) is 0 Å². The van der Waals surface area contributed by atoms with Crippen molar-refractivity contribution in [1.82, 2.24) is 9.80 Å². The van der Waals surface area contributed by atoms with Gasteiger partial charge in [0.2, 0.25) is 0 Å². The predicted molar refractivity (Wildman–Crippen MR) is 104 cm³/mol. The molecule has 0 aromatic heterocycles. The monoisotopic (exact) mass is 453 g/mol. The number of rotatable bonds is 7. The molecule has 2 aliphatic rings. The number of sulfone groups is 1. The van der Waals surface area contributed by atoms with E-state index < -0.39 is 63.2 Å². The maximum atomic E-state index is 12.4. The summed E-state index contributed by atoms with van der Waals surface area (Å²) in [5.74, 6) is -3.21. The average molecular weight is 453 g/mol. The molecular weight excluding hydrogens is 434 g/mol. The lowest BCUT2D eigenvalue weighted by atomic mass is 10.1. The predicted octanol–water partition coefficient (Wildman–Crippen LogP) is -0.230. The van der Waals surface area contributed by atoms with Gasteiger partial charge in [0, 0.05) is 25.7 Å². The van der Waals surface area contributed by atoms with Crippen LogP contribution in [0.25, 0.3) is 0 Å². The molecule has 1 fully saturated rings. The third-order valence-corrected chi connectivity index (χ3v) is 6.97. The Morgan fingerprint density at radius 3 is 2.61 bits per heavy atom. The number of amides is 3. The van der Waals surface area contributed by atoms with Crippen LogP contribution in [0, 0.1) is 10.1 Å². The number of esters is 1. The van der Waals surface area contributed by atoms with E-state index in [4.69, 9.17) is 4.74 Å². The molecule has 0 saturated carbocycles. The van der Waals surface area contributed by atoms with Crippen molar-refractivity contribution in [2.24, 2.45) is 0 Å². The number of carbonyl (C=O) groups excluding carboxylic acids is 4. The highest BCUT2D eigenvalue weighted by Crippen LogP contribution is 2.30. The Kier molecular flexibility index (Phi) is 6.06. The van der Waals surface area contributed by atoms with E-state index in [1.807, 2.05) is 0 Å². The summed E-state index contributed by atoms with van der Waals surface area (Å²) >= 11 is 0. The number of fused-ring (bicyclic) bond motifs is 1. The molecule has 166 valence electrons. The van der Waals surface area contributed by atoms with Crippen molar-refractivity contribution in [3.8, 4) is 0 Å². The minimum atomic E-state index is -3.18. The molecule has 1 aromatic carbocycles. The number of likely N-dealkylation sites (N-methyl/N-ethyl adjacent to an activating group) is 1. The lowest BCUT2D eigenvalue weighted by Crippen LogP contribution is -2.40. The maximum Gasteiger partial charge on any atom is 0.308 e. The summed E-state index contributed by atoms with van der Waals surface area (Å²) in [6.07, 6.45) is -0.0987. The highest BCUT2D eigenvalue weighted by Gasteiger charge is 2.41. The molecule has 0 N–H and O–H groups in total. The van der Waals surface area contributed by atoms with Crippen molar-refractivity contribution in [2.75, 3.05) is 31.7 Å². The molecule has 1 aromatic rings. The van der Waals surface area contributed by atoms with Gasteiger partial charge in [-0.1, -0.05) is 6.07 Å². The number of carbonyl (C=O) groups is 4. The maximum absolute atomic E-state index is 12.4. The first-order valence-corrected chi connectivity index (χ1v) is 11.1. The zero-order valence-electron chi connectivity index (χ0n) is 16.5.